The van der Waals surface area contributed by atoms with Crippen molar-refractivity contribution in [2.75, 3.05) is 14.1 Å². The van der Waals surface area contributed by atoms with Gasteiger partial charge in [-0.2, -0.15) is 13.9 Å². The average molecular weight is 470 g/mol. The molecule has 164 valence electrons. The van der Waals surface area contributed by atoms with E-state index in [-0.39, 0.29) is 39.3 Å². The molecule has 0 saturated heterocycles. The van der Waals surface area contributed by atoms with E-state index in [0.717, 1.165) is 12.8 Å². The molecule has 1 fully saturated rings. The molecule has 1 amide bonds. The van der Waals surface area contributed by atoms with Crippen LogP contribution < -0.4 is 10.1 Å². The summed E-state index contributed by atoms with van der Waals surface area (Å²) in [5.41, 5.74) is 0.664. The number of alkyl halides is 2. The zero-order valence-electron chi connectivity index (χ0n) is 16.7. The van der Waals surface area contributed by atoms with Gasteiger partial charge in [0, 0.05) is 29.4 Å². The number of hydrogen-bond acceptors (Lipinski definition) is 5. The van der Waals surface area contributed by atoms with Crippen molar-refractivity contribution < 1.29 is 18.3 Å². The molecule has 1 saturated carbocycles. The van der Waals surface area contributed by atoms with Crippen molar-refractivity contribution in [1.29, 1.82) is 0 Å². The molecule has 0 bridgehead atoms. The fraction of sp³-hybridized carbons (Fsp3) is 0.350. The van der Waals surface area contributed by atoms with Crippen LogP contribution in [0.1, 0.15) is 23.3 Å². The lowest BCUT2D eigenvalue weighted by Crippen LogP contribution is -2.51. The van der Waals surface area contributed by atoms with E-state index < -0.39 is 6.61 Å². The van der Waals surface area contributed by atoms with Gasteiger partial charge in [-0.05, 0) is 45.1 Å². The fourth-order valence-electron chi connectivity index (χ4n) is 3.57. The molecule has 0 unspecified atom stereocenters. The molecule has 2 heterocycles. The van der Waals surface area contributed by atoms with Crippen molar-refractivity contribution in [2.24, 2.45) is 0 Å². The second-order valence-electron chi connectivity index (χ2n) is 7.53. The van der Waals surface area contributed by atoms with Crippen molar-refractivity contribution in [3.63, 3.8) is 0 Å². The van der Waals surface area contributed by atoms with Crippen LogP contribution in [0.15, 0.2) is 30.5 Å². The Hall–Kier alpha value is -2.49. The van der Waals surface area contributed by atoms with Gasteiger partial charge in [-0.1, -0.05) is 23.2 Å². The van der Waals surface area contributed by atoms with Crippen molar-refractivity contribution in [2.45, 2.75) is 31.5 Å². The van der Waals surface area contributed by atoms with E-state index in [0.29, 0.717) is 16.9 Å². The fourth-order valence-corrected chi connectivity index (χ4v) is 3.89. The minimum Gasteiger partial charge on any atom is -0.433 e. The second kappa shape index (κ2) is 8.57. The Morgan fingerprint density at radius 3 is 2.71 bits per heavy atom. The Balaban J connectivity index is 1.74. The average Bonchev–Trinajstić information content (AvgIpc) is 3.03. The quantitative estimate of drug-likeness (QED) is 0.549. The molecule has 2 aromatic heterocycles. The number of halogens is 4. The van der Waals surface area contributed by atoms with Crippen molar-refractivity contribution in [1.82, 2.24) is 25.0 Å². The predicted molar refractivity (Wildman–Crippen MR) is 113 cm³/mol. The Bertz CT molecular complexity index is 1130. The SMILES string of the molecule is CN(C)[C@H]1C[C@@H](NC(=O)c2nn(-c3cc(Cl)ccc3OC(F)F)c3cc(Cl)ncc23)C1. The first kappa shape index (κ1) is 21.7. The van der Waals surface area contributed by atoms with E-state index in [2.05, 4.69) is 25.0 Å². The largest absolute Gasteiger partial charge is 0.433 e. The zero-order chi connectivity index (χ0) is 22.3. The number of rotatable bonds is 6. The summed E-state index contributed by atoms with van der Waals surface area (Å²) < 4.78 is 31.8. The number of aromatic nitrogens is 3. The van der Waals surface area contributed by atoms with Crippen LogP contribution in [0.5, 0.6) is 5.75 Å². The Morgan fingerprint density at radius 2 is 2.03 bits per heavy atom. The second-order valence-corrected chi connectivity index (χ2v) is 8.36. The molecular formula is C20H19Cl2F2N5O2. The standard InChI is InChI=1S/C20H19Cl2F2N5O2/c1-28(2)12-6-11(7-12)26-19(30)18-13-9-25-17(22)8-14(13)29(27-18)15-5-10(21)3-4-16(15)31-20(23)24/h3-5,8-9,11-12,20H,6-7H2,1-2H3,(H,26,30)/t11-,12+. The summed E-state index contributed by atoms with van der Waals surface area (Å²) in [5.74, 6) is -0.523. The number of nitrogens with one attached hydrogen (secondary N) is 1. The van der Waals surface area contributed by atoms with Gasteiger partial charge in [0.05, 0.1) is 10.9 Å². The highest BCUT2D eigenvalue weighted by Gasteiger charge is 2.33. The Labute approximate surface area is 186 Å². The molecule has 1 N–H and O–H groups in total. The lowest BCUT2D eigenvalue weighted by Gasteiger charge is -2.39. The molecule has 7 nitrogen and oxygen atoms in total. The van der Waals surface area contributed by atoms with Gasteiger partial charge in [-0.25, -0.2) is 9.67 Å². The summed E-state index contributed by atoms with van der Waals surface area (Å²) >= 11 is 12.1. The van der Waals surface area contributed by atoms with Crippen LogP contribution in [0, 0.1) is 0 Å². The van der Waals surface area contributed by atoms with Crippen LogP contribution >= 0.6 is 23.2 Å². The maximum Gasteiger partial charge on any atom is 0.387 e. The Kier molecular flexibility index (Phi) is 6.00. The third kappa shape index (κ3) is 4.44. The summed E-state index contributed by atoms with van der Waals surface area (Å²) in [7, 11) is 3.99. The number of pyridine rings is 1. The van der Waals surface area contributed by atoms with Crippen molar-refractivity contribution >= 4 is 40.0 Å². The molecule has 11 heteroatoms. The van der Waals surface area contributed by atoms with Gasteiger partial charge < -0.3 is 15.0 Å². The summed E-state index contributed by atoms with van der Waals surface area (Å²) in [4.78, 5) is 19.1. The number of fused-ring (bicyclic) bond motifs is 1. The van der Waals surface area contributed by atoms with Crippen LogP contribution in [-0.2, 0) is 0 Å². The molecule has 0 atom stereocenters. The minimum absolute atomic E-state index is 0.0317. The number of carbonyl (C=O) groups excluding carboxylic acids is 1. The normalized spacial score (nSPS) is 18.5. The maximum absolute atomic E-state index is 13.0. The van der Waals surface area contributed by atoms with Gasteiger partial charge in [-0.15, -0.1) is 0 Å². The van der Waals surface area contributed by atoms with E-state index in [9.17, 15) is 13.6 Å². The third-order valence-electron chi connectivity index (χ3n) is 5.29. The van der Waals surface area contributed by atoms with E-state index >= 15 is 0 Å². The lowest BCUT2D eigenvalue weighted by atomic mass is 9.86. The lowest BCUT2D eigenvalue weighted by molar-refractivity contribution is -0.0498. The van der Waals surface area contributed by atoms with Crippen molar-refractivity contribution in [3.05, 3.63) is 46.3 Å². The van der Waals surface area contributed by atoms with Gasteiger partial charge in [0.2, 0.25) is 0 Å². The van der Waals surface area contributed by atoms with Gasteiger partial charge in [0.25, 0.3) is 5.91 Å². The van der Waals surface area contributed by atoms with Gasteiger partial charge in [-0.3, -0.25) is 4.79 Å². The summed E-state index contributed by atoms with van der Waals surface area (Å²) in [6.07, 6.45) is 3.10. The Morgan fingerprint density at radius 1 is 1.29 bits per heavy atom. The smallest absolute Gasteiger partial charge is 0.387 e. The highest BCUT2D eigenvalue weighted by atomic mass is 35.5. The molecular weight excluding hydrogens is 451 g/mol. The number of carbonyl (C=O) groups is 1. The van der Waals surface area contributed by atoms with Crippen LogP contribution in [0.2, 0.25) is 10.2 Å². The first-order valence-electron chi connectivity index (χ1n) is 9.49. The van der Waals surface area contributed by atoms with Gasteiger partial charge in [0.1, 0.15) is 10.8 Å². The molecule has 0 radical (unpaired) electrons. The van der Waals surface area contributed by atoms with Crippen LogP contribution in [0.4, 0.5) is 8.78 Å². The van der Waals surface area contributed by atoms with Gasteiger partial charge >= 0.3 is 6.61 Å². The molecule has 31 heavy (non-hydrogen) atoms. The summed E-state index contributed by atoms with van der Waals surface area (Å²) in [6, 6.07) is 6.11. The van der Waals surface area contributed by atoms with E-state index in [1.807, 2.05) is 14.1 Å². The molecule has 1 aliphatic carbocycles. The van der Waals surface area contributed by atoms with E-state index in [1.54, 1.807) is 0 Å². The van der Waals surface area contributed by atoms with E-state index in [4.69, 9.17) is 23.2 Å². The molecule has 0 aliphatic heterocycles. The number of benzene rings is 1. The predicted octanol–water partition coefficient (Wildman–Crippen LogP) is 4.15. The van der Waals surface area contributed by atoms with Crippen LogP contribution in [0.3, 0.4) is 0 Å². The third-order valence-corrected chi connectivity index (χ3v) is 5.73. The number of amides is 1. The molecule has 3 aromatic rings. The van der Waals surface area contributed by atoms with Crippen LogP contribution in [-0.4, -0.2) is 58.4 Å². The molecule has 0 spiro atoms. The first-order valence-corrected chi connectivity index (χ1v) is 10.2. The summed E-state index contributed by atoms with van der Waals surface area (Å²) in [6.45, 7) is -3.04. The number of hydrogen-bond donors (Lipinski definition) is 1. The highest BCUT2D eigenvalue weighted by Crippen LogP contribution is 2.32. The zero-order valence-corrected chi connectivity index (χ0v) is 18.2. The highest BCUT2D eigenvalue weighted by molar-refractivity contribution is 6.31. The summed E-state index contributed by atoms with van der Waals surface area (Å²) in [5, 5.41) is 8.23. The number of nitrogens with zero attached hydrogens (tertiary/aromatic N) is 4. The minimum atomic E-state index is -3.04. The van der Waals surface area contributed by atoms with Crippen LogP contribution in [0.25, 0.3) is 16.6 Å². The molecule has 1 aliphatic rings. The topological polar surface area (TPSA) is 72.3 Å². The van der Waals surface area contributed by atoms with Crippen molar-refractivity contribution in [3.8, 4) is 11.4 Å². The van der Waals surface area contributed by atoms with E-state index in [1.165, 1.54) is 35.1 Å². The monoisotopic (exact) mass is 469 g/mol. The first-order chi connectivity index (χ1) is 14.7. The number of ether oxygens (including phenoxy) is 1. The van der Waals surface area contributed by atoms with Gasteiger partial charge in [0.15, 0.2) is 11.4 Å². The maximum atomic E-state index is 13.0. The molecule has 1 aromatic carbocycles. The molecule has 4 rings (SSSR count).